The Balaban J connectivity index is 2.16. The number of benzene rings is 1. The van der Waals surface area contributed by atoms with Gasteiger partial charge < -0.3 is 14.1 Å². The molecule has 1 N–H and O–H groups in total. The molecule has 1 aromatic carbocycles. The first-order valence-electron chi connectivity index (χ1n) is 5.45. The molecule has 0 aliphatic rings. The maximum absolute atomic E-state index is 11.3. The van der Waals surface area contributed by atoms with Crippen molar-refractivity contribution in [2.24, 2.45) is 0 Å². The molecule has 0 aliphatic carbocycles. The molecule has 5 heteroatoms. The lowest BCUT2D eigenvalue weighted by molar-refractivity contribution is 0.0696. The molecule has 0 bridgehead atoms. The molecular formula is C13H10N2O3. The van der Waals surface area contributed by atoms with Crippen molar-refractivity contribution >= 4 is 16.9 Å². The molecule has 0 fully saturated rings. The van der Waals surface area contributed by atoms with Crippen LogP contribution in [0.25, 0.3) is 11.0 Å². The molecular weight excluding hydrogens is 232 g/mol. The van der Waals surface area contributed by atoms with Crippen LogP contribution in [0.4, 0.5) is 0 Å². The Bertz CT molecular complexity index is 698. The zero-order valence-corrected chi connectivity index (χ0v) is 9.41. The highest BCUT2D eigenvalue weighted by Gasteiger charge is 2.19. The number of aromatic carboxylic acids is 1. The number of rotatable bonds is 3. The van der Waals surface area contributed by atoms with Crippen LogP contribution < -0.4 is 0 Å². The van der Waals surface area contributed by atoms with Crippen LogP contribution in [0.3, 0.4) is 0 Å². The molecule has 0 atom stereocenters. The molecule has 0 saturated heterocycles. The third kappa shape index (κ3) is 1.66. The fraction of sp³-hybridized carbons (Fsp3) is 0.0769. The van der Waals surface area contributed by atoms with E-state index in [0.717, 1.165) is 0 Å². The fourth-order valence-electron chi connectivity index (χ4n) is 1.99. The minimum atomic E-state index is -0.977. The van der Waals surface area contributed by atoms with Gasteiger partial charge in [-0.1, -0.05) is 18.2 Å². The summed E-state index contributed by atoms with van der Waals surface area (Å²) in [5.74, 6) is -0.545. The topological polar surface area (TPSA) is 68.3 Å². The van der Waals surface area contributed by atoms with Gasteiger partial charge in [-0.2, -0.15) is 0 Å². The first kappa shape index (κ1) is 10.6. The standard InChI is InChI=1S/C13H10N2O3/c16-13(17)12-9-3-1-2-4-10(9)18-11(12)7-15-6-5-14-8-15/h1-6,8H,7H2,(H,16,17). The fourth-order valence-corrected chi connectivity index (χ4v) is 1.99. The van der Waals surface area contributed by atoms with Gasteiger partial charge in [-0.15, -0.1) is 0 Å². The second-order valence-corrected chi connectivity index (χ2v) is 3.94. The summed E-state index contributed by atoms with van der Waals surface area (Å²) >= 11 is 0. The van der Waals surface area contributed by atoms with Gasteiger partial charge in [0.25, 0.3) is 0 Å². The van der Waals surface area contributed by atoms with Gasteiger partial charge in [0, 0.05) is 17.8 Å². The normalized spacial score (nSPS) is 10.9. The van der Waals surface area contributed by atoms with Crippen LogP contribution in [-0.2, 0) is 6.54 Å². The van der Waals surface area contributed by atoms with E-state index in [1.165, 1.54) is 0 Å². The van der Waals surface area contributed by atoms with Crippen molar-refractivity contribution in [3.05, 3.63) is 54.3 Å². The lowest BCUT2D eigenvalue weighted by Gasteiger charge is -1.99. The predicted molar refractivity (Wildman–Crippen MR) is 64.5 cm³/mol. The van der Waals surface area contributed by atoms with Crippen molar-refractivity contribution in [2.45, 2.75) is 6.54 Å². The largest absolute Gasteiger partial charge is 0.478 e. The zero-order valence-electron chi connectivity index (χ0n) is 9.41. The molecule has 0 radical (unpaired) electrons. The summed E-state index contributed by atoms with van der Waals surface area (Å²) in [4.78, 5) is 15.3. The molecule has 0 saturated carbocycles. The van der Waals surface area contributed by atoms with Gasteiger partial charge in [-0.25, -0.2) is 9.78 Å². The molecule has 5 nitrogen and oxygen atoms in total. The minimum Gasteiger partial charge on any atom is -0.478 e. The van der Waals surface area contributed by atoms with E-state index in [1.807, 2.05) is 6.07 Å². The van der Waals surface area contributed by atoms with E-state index in [0.29, 0.717) is 23.3 Å². The predicted octanol–water partition coefficient (Wildman–Crippen LogP) is 2.38. The van der Waals surface area contributed by atoms with E-state index in [1.54, 1.807) is 41.5 Å². The van der Waals surface area contributed by atoms with Gasteiger partial charge in [0.15, 0.2) is 0 Å². The lowest BCUT2D eigenvalue weighted by atomic mass is 10.1. The molecule has 3 aromatic rings. The zero-order chi connectivity index (χ0) is 12.5. The Morgan fingerprint density at radius 2 is 2.22 bits per heavy atom. The number of para-hydroxylation sites is 1. The van der Waals surface area contributed by atoms with E-state index in [2.05, 4.69) is 4.98 Å². The quantitative estimate of drug-likeness (QED) is 0.765. The number of carboxylic acids is 1. The molecule has 3 rings (SSSR count). The van der Waals surface area contributed by atoms with Crippen molar-refractivity contribution in [3.8, 4) is 0 Å². The van der Waals surface area contributed by atoms with Crippen molar-refractivity contribution < 1.29 is 14.3 Å². The Hall–Kier alpha value is -2.56. The van der Waals surface area contributed by atoms with Crippen LogP contribution in [0.1, 0.15) is 16.1 Å². The molecule has 2 aromatic heterocycles. The Morgan fingerprint density at radius 1 is 1.39 bits per heavy atom. The lowest BCUT2D eigenvalue weighted by Crippen LogP contribution is -2.03. The number of carbonyl (C=O) groups is 1. The highest BCUT2D eigenvalue weighted by atomic mass is 16.4. The first-order valence-corrected chi connectivity index (χ1v) is 5.45. The maximum atomic E-state index is 11.3. The monoisotopic (exact) mass is 242 g/mol. The summed E-state index contributed by atoms with van der Waals surface area (Å²) in [6.07, 6.45) is 5.03. The summed E-state index contributed by atoms with van der Waals surface area (Å²) in [5, 5.41) is 9.92. The van der Waals surface area contributed by atoms with Crippen LogP contribution in [0.15, 0.2) is 47.4 Å². The minimum absolute atomic E-state index is 0.222. The Labute approximate surface area is 102 Å². The third-order valence-corrected chi connectivity index (χ3v) is 2.77. The van der Waals surface area contributed by atoms with Crippen molar-refractivity contribution in [1.29, 1.82) is 0 Å². The summed E-state index contributed by atoms with van der Waals surface area (Å²) < 4.78 is 7.37. The van der Waals surface area contributed by atoms with Gasteiger partial charge in [0.05, 0.1) is 12.9 Å². The Kier molecular flexibility index (Phi) is 2.37. The summed E-state index contributed by atoms with van der Waals surface area (Å²) in [7, 11) is 0. The molecule has 18 heavy (non-hydrogen) atoms. The number of fused-ring (bicyclic) bond motifs is 1. The van der Waals surface area contributed by atoms with E-state index in [4.69, 9.17) is 4.42 Å². The molecule has 2 heterocycles. The van der Waals surface area contributed by atoms with Crippen molar-refractivity contribution in [1.82, 2.24) is 9.55 Å². The van der Waals surface area contributed by atoms with Crippen LogP contribution in [0.5, 0.6) is 0 Å². The maximum Gasteiger partial charge on any atom is 0.339 e. The van der Waals surface area contributed by atoms with E-state index >= 15 is 0 Å². The number of furan rings is 1. The SMILES string of the molecule is O=C(O)c1c(Cn2ccnc2)oc2ccccc12. The highest BCUT2D eigenvalue weighted by molar-refractivity contribution is 6.03. The number of nitrogens with zero attached hydrogens (tertiary/aromatic N) is 2. The van der Waals surface area contributed by atoms with Gasteiger partial charge in [0.1, 0.15) is 16.9 Å². The first-order chi connectivity index (χ1) is 8.75. The van der Waals surface area contributed by atoms with Gasteiger partial charge in [-0.05, 0) is 6.07 Å². The molecule has 90 valence electrons. The summed E-state index contributed by atoms with van der Waals surface area (Å²) in [6.45, 7) is 0.357. The molecule has 0 aliphatic heterocycles. The average Bonchev–Trinajstić information content (AvgIpc) is 2.95. The van der Waals surface area contributed by atoms with Gasteiger partial charge >= 0.3 is 5.97 Å². The smallest absolute Gasteiger partial charge is 0.339 e. The highest BCUT2D eigenvalue weighted by Crippen LogP contribution is 2.26. The van der Waals surface area contributed by atoms with Crippen molar-refractivity contribution in [2.75, 3.05) is 0 Å². The summed E-state index contributed by atoms with van der Waals surface area (Å²) in [6, 6.07) is 7.13. The van der Waals surface area contributed by atoms with E-state index in [-0.39, 0.29) is 5.56 Å². The van der Waals surface area contributed by atoms with Gasteiger partial charge in [0.2, 0.25) is 0 Å². The van der Waals surface area contributed by atoms with Crippen LogP contribution in [-0.4, -0.2) is 20.6 Å². The van der Waals surface area contributed by atoms with Crippen LogP contribution >= 0.6 is 0 Å². The molecule has 0 amide bonds. The molecule has 0 unspecified atom stereocenters. The average molecular weight is 242 g/mol. The van der Waals surface area contributed by atoms with Crippen LogP contribution in [0.2, 0.25) is 0 Å². The van der Waals surface area contributed by atoms with Gasteiger partial charge in [-0.3, -0.25) is 0 Å². The molecule has 0 spiro atoms. The number of hydrogen-bond donors (Lipinski definition) is 1. The number of imidazole rings is 1. The van der Waals surface area contributed by atoms with Crippen molar-refractivity contribution in [3.63, 3.8) is 0 Å². The second kappa shape index (κ2) is 4.03. The van der Waals surface area contributed by atoms with Crippen LogP contribution in [0, 0.1) is 0 Å². The summed E-state index contributed by atoms with van der Waals surface area (Å²) in [5.41, 5.74) is 0.810. The second-order valence-electron chi connectivity index (χ2n) is 3.94. The Morgan fingerprint density at radius 3 is 2.94 bits per heavy atom. The third-order valence-electron chi connectivity index (χ3n) is 2.77. The number of aromatic nitrogens is 2. The van der Waals surface area contributed by atoms with E-state index in [9.17, 15) is 9.90 Å². The number of hydrogen-bond acceptors (Lipinski definition) is 3. The van der Waals surface area contributed by atoms with E-state index < -0.39 is 5.97 Å². The number of carboxylic acid groups (broad SMARTS) is 1.